The highest BCUT2D eigenvalue weighted by Crippen LogP contribution is 2.41. The Bertz CT molecular complexity index is 1120. The van der Waals surface area contributed by atoms with Gasteiger partial charge in [-0.1, -0.05) is 18.2 Å². The minimum absolute atomic E-state index is 0.0474. The summed E-state index contributed by atoms with van der Waals surface area (Å²) in [5.74, 6) is -2.62. The zero-order valence-electron chi connectivity index (χ0n) is 16.3. The molecule has 4 rings (SSSR count). The van der Waals surface area contributed by atoms with Gasteiger partial charge in [0.25, 0.3) is 11.2 Å². The van der Waals surface area contributed by atoms with E-state index in [0.29, 0.717) is 5.95 Å². The number of nitrogens with one attached hydrogen (secondary N) is 2. The van der Waals surface area contributed by atoms with Gasteiger partial charge in [-0.15, -0.1) is 0 Å². The summed E-state index contributed by atoms with van der Waals surface area (Å²) < 4.78 is 0. The molecule has 1 aromatic heterocycles. The fourth-order valence-corrected chi connectivity index (χ4v) is 4.30. The molecular formula is C20H20N6O4. The number of nitro groups is 1. The van der Waals surface area contributed by atoms with Crippen molar-refractivity contribution in [2.75, 3.05) is 16.8 Å². The molecule has 1 aromatic carbocycles. The second-order valence-corrected chi connectivity index (χ2v) is 7.58. The van der Waals surface area contributed by atoms with Gasteiger partial charge in [0.15, 0.2) is 0 Å². The lowest BCUT2D eigenvalue weighted by molar-refractivity contribution is -0.385. The van der Waals surface area contributed by atoms with Gasteiger partial charge < -0.3 is 10.2 Å². The molecule has 3 atom stereocenters. The van der Waals surface area contributed by atoms with Gasteiger partial charge in [0.2, 0.25) is 11.9 Å². The Morgan fingerprint density at radius 3 is 2.77 bits per heavy atom. The summed E-state index contributed by atoms with van der Waals surface area (Å²) in [7, 11) is 0. The molecule has 2 aromatic rings. The van der Waals surface area contributed by atoms with Crippen LogP contribution in [0.15, 0.2) is 29.1 Å². The Kier molecular flexibility index (Phi) is 4.95. The highest BCUT2D eigenvalue weighted by Gasteiger charge is 2.43. The van der Waals surface area contributed by atoms with Crippen molar-refractivity contribution in [3.8, 4) is 6.07 Å². The predicted octanol–water partition coefficient (Wildman–Crippen LogP) is 2.28. The quantitative estimate of drug-likeness (QED) is 0.585. The van der Waals surface area contributed by atoms with Crippen molar-refractivity contribution in [2.45, 2.75) is 38.1 Å². The molecule has 2 N–H and O–H groups in total. The van der Waals surface area contributed by atoms with Crippen molar-refractivity contribution < 1.29 is 9.72 Å². The van der Waals surface area contributed by atoms with Crippen molar-refractivity contribution in [3.05, 3.63) is 55.9 Å². The van der Waals surface area contributed by atoms with Crippen LogP contribution in [-0.2, 0) is 4.79 Å². The molecule has 0 spiro atoms. The number of hydrogen-bond donors (Lipinski definition) is 2. The fourth-order valence-electron chi connectivity index (χ4n) is 4.30. The molecule has 0 aliphatic carbocycles. The number of nitriles is 1. The van der Waals surface area contributed by atoms with Crippen molar-refractivity contribution in [1.82, 2.24) is 9.97 Å². The van der Waals surface area contributed by atoms with Crippen LogP contribution in [-0.4, -0.2) is 33.4 Å². The Morgan fingerprint density at radius 2 is 2.07 bits per heavy atom. The maximum atomic E-state index is 13.1. The van der Waals surface area contributed by atoms with Gasteiger partial charge in [0.05, 0.1) is 16.6 Å². The van der Waals surface area contributed by atoms with E-state index in [1.165, 1.54) is 18.2 Å². The Labute approximate surface area is 171 Å². The van der Waals surface area contributed by atoms with Crippen molar-refractivity contribution in [3.63, 3.8) is 0 Å². The summed E-state index contributed by atoms with van der Waals surface area (Å²) in [5.41, 5.74) is -0.576. The number of aromatic nitrogens is 2. The van der Waals surface area contributed by atoms with E-state index in [4.69, 9.17) is 0 Å². The molecule has 1 amide bonds. The van der Waals surface area contributed by atoms with E-state index < -0.39 is 28.2 Å². The normalized spacial score (nSPS) is 23.3. The zero-order valence-corrected chi connectivity index (χ0v) is 16.3. The average Bonchev–Trinajstić information content (AvgIpc) is 2.73. The number of piperidine rings is 1. The van der Waals surface area contributed by atoms with E-state index in [1.54, 1.807) is 6.07 Å². The number of carbonyl (C=O) groups is 1. The van der Waals surface area contributed by atoms with Gasteiger partial charge >= 0.3 is 0 Å². The van der Waals surface area contributed by atoms with E-state index in [9.17, 15) is 25.0 Å². The van der Waals surface area contributed by atoms with Gasteiger partial charge in [0.1, 0.15) is 11.7 Å². The summed E-state index contributed by atoms with van der Waals surface area (Å²) in [6, 6.07) is 7.91. The molecule has 154 valence electrons. The SMILES string of the molecule is CC1CCCCN1c1nc2c(c(=O)[nH]1)C(c1ccccc1[N+](=O)[O-])C(C#N)C(=O)N2. The Hall–Kier alpha value is -3.74. The highest BCUT2D eigenvalue weighted by atomic mass is 16.6. The van der Waals surface area contributed by atoms with Crippen LogP contribution in [0.4, 0.5) is 17.5 Å². The number of nitro benzene ring substituents is 1. The van der Waals surface area contributed by atoms with Crippen molar-refractivity contribution >= 4 is 23.4 Å². The molecule has 1 saturated heterocycles. The minimum atomic E-state index is -1.29. The van der Waals surface area contributed by atoms with Crippen LogP contribution in [0.2, 0.25) is 0 Å². The second-order valence-electron chi connectivity index (χ2n) is 7.58. The molecule has 10 heteroatoms. The number of para-hydroxylation sites is 1. The zero-order chi connectivity index (χ0) is 21.4. The van der Waals surface area contributed by atoms with E-state index in [1.807, 2.05) is 17.9 Å². The summed E-state index contributed by atoms with van der Waals surface area (Å²) in [6.07, 6.45) is 3.02. The standard InChI is InChI=1S/C20H20N6O4/c1-11-6-4-5-9-25(11)20-23-17-16(19(28)24-20)15(13(10-21)18(27)22-17)12-7-2-3-8-14(12)26(29)30/h2-3,7-8,11,13,15H,4-6,9H2,1H3,(H2,22,23,24,27,28). The number of benzene rings is 1. The van der Waals surface area contributed by atoms with E-state index in [-0.39, 0.29) is 28.7 Å². The van der Waals surface area contributed by atoms with E-state index in [0.717, 1.165) is 25.8 Å². The number of carbonyl (C=O) groups excluding carboxylic acids is 1. The van der Waals surface area contributed by atoms with E-state index >= 15 is 0 Å². The van der Waals surface area contributed by atoms with Crippen molar-refractivity contribution in [1.29, 1.82) is 5.26 Å². The van der Waals surface area contributed by atoms with Gasteiger partial charge in [-0.05, 0) is 26.2 Å². The third-order valence-electron chi connectivity index (χ3n) is 5.79. The number of H-pyrrole nitrogens is 1. The van der Waals surface area contributed by atoms with E-state index in [2.05, 4.69) is 15.3 Å². The molecule has 3 unspecified atom stereocenters. The molecule has 0 bridgehead atoms. The summed E-state index contributed by atoms with van der Waals surface area (Å²) in [6.45, 7) is 2.77. The van der Waals surface area contributed by atoms with Gasteiger partial charge in [-0.2, -0.15) is 10.2 Å². The molecular weight excluding hydrogens is 388 g/mol. The fraction of sp³-hybridized carbons (Fsp3) is 0.400. The molecule has 1 fully saturated rings. The summed E-state index contributed by atoms with van der Waals surface area (Å²) >= 11 is 0. The molecule has 10 nitrogen and oxygen atoms in total. The second kappa shape index (κ2) is 7.59. The van der Waals surface area contributed by atoms with Crippen LogP contribution in [0.25, 0.3) is 0 Å². The first-order chi connectivity index (χ1) is 14.4. The number of fused-ring (bicyclic) bond motifs is 1. The van der Waals surface area contributed by atoms with Crippen LogP contribution in [0.1, 0.15) is 43.2 Å². The number of aromatic amines is 1. The smallest absolute Gasteiger partial charge is 0.273 e. The molecule has 0 saturated carbocycles. The lowest BCUT2D eigenvalue weighted by atomic mass is 9.78. The molecule has 2 aliphatic heterocycles. The van der Waals surface area contributed by atoms with Crippen LogP contribution in [0.3, 0.4) is 0 Å². The molecule has 0 radical (unpaired) electrons. The Morgan fingerprint density at radius 1 is 1.30 bits per heavy atom. The lowest BCUT2D eigenvalue weighted by Crippen LogP contribution is -2.42. The topological polar surface area (TPSA) is 145 Å². The van der Waals surface area contributed by atoms with Crippen LogP contribution >= 0.6 is 0 Å². The number of rotatable bonds is 3. The molecule has 3 heterocycles. The Balaban J connectivity index is 1.90. The average molecular weight is 408 g/mol. The minimum Gasteiger partial charge on any atom is -0.340 e. The van der Waals surface area contributed by atoms with Gasteiger partial charge in [0, 0.05) is 30.1 Å². The first-order valence-electron chi connectivity index (χ1n) is 9.77. The number of nitrogens with zero attached hydrogens (tertiary/aromatic N) is 4. The van der Waals surface area contributed by atoms with Crippen LogP contribution in [0.5, 0.6) is 0 Å². The lowest BCUT2D eigenvalue weighted by Gasteiger charge is -2.35. The first-order valence-corrected chi connectivity index (χ1v) is 9.77. The third-order valence-corrected chi connectivity index (χ3v) is 5.79. The van der Waals surface area contributed by atoms with Gasteiger partial charge in [-0.3, -0.25) is 24.7 Å². The van der Waals surface area contributed by atoms with Crippen LogP contribution in [0, 0.1) is 27.4 Å². The van der Waals surface area contributed by atoms with Crippen LogP contribution < -0.4 is 15.8 Å². The maximum absolute atomic E-state index is 13.1. The summed E-state index contributed by atoms with van der Waals surface area (Å²) in [4.78, 5) is 46.0. The maximum Gasteiger partial charge on any atom is 0.273 e. The number of hydrogen-bond acceptors (Lipinski definition) is 7. The molecule has 30 heavy (non-hydrogen) atoms. The molecule has 2 aliphatic rings. The number of anilines is 2. The predicted molar refractivity (Wildman–Crippen MR) is 108 cm³/mol. The van der Waals surface area contributed by atoms with Gasteiger partial charge in [-0.25, -0.2) is 0 Å². The third kappa shape index (κ3) is 3.18. The largest absolute Gasteiger partial charge is 0.340 e. The monoisotopic (exact) mass is 408 g/mol. The summed E-state index contributed by atoms with van der Waals surface area (Å²) in [5, 5.41) is 23.7. The highest BCUT2D eigenvalue weighted by molar-refractivity contribution is 5.98. The first kappa shape index (κ1) is 19.6. The number of amides is 1. The van der Waals surface area contributed by atoms with Crippen molar-refractivity contribution in [2.24, 2.45) is 5.92 Å².